The molecule has 0 spiro atoms. The van der Waals surface area contributed by atoms with Gasteiger partial charge in [0, 0.05) is 44.6 Å². The van der Waals surface area contributed by atoms with E-state index >= 15 is 0 Å². The Bertz CT molecular complexity index is 1530. The van der Waals surface area contributed by atoms with Crippen molar-refractivity contribution in [1.29, 1.82) is 0 Å². The first kappa shape index (κ1) is 20.6. The van der Waals surface area contributed by atoms with Crippen molar-refractivity contribution < 1.29 is 0 Å². The van der Waals surface area contributed by atoms with Crippen molar-refractivity contribution in [2.75, 3.05) is 18.0 Å². The Balaban J connectivity index is 1.32. The highest BCUT2D eigenvalue weighted by molar-refractivity contribution is 5.86. The number of hydrogen-bond donors (Lipinski definition) is 1. The second-order valence-corrected chi connectivity index (χ2v) is 8.52. The summed E-state index contributed by atoms with van der Waals surface area (Å²) in [5.74, 6) is 1.69. The molecule has 11 heteroatoms. The Labute approximate surface area is 195 Å². The van der Waals surface area contributed by atoms with Gasteiger partial charge >= 0.3 is 5.69 Å². The van der Waals surface area contributed by atoms with E-state index < -0.39 is 0 Å². The van der Waals surface area contributed by atoms with E-state index in [-0.39, 0.29) is 11.7 Å². The maximum atomic E-state index is 12.6. The Morgan fingerprint density at radius 3 is 2.74 bits per heavy atom. The standard InChI is InChI=1S/C23H26N10O/c1-3-31-13-15(12-27-31)20-28-18-21(25-14-26-22(18)32(20)4-2)30-10-7-16(8-11-30)33-17-6-5-9-24-19(17)29-23(33)34/h5-6,9,12-14,16H,3-4,7-8,10-11H2,1-2H3,(H,24,29,34). The first-order chi connectivity index (χ1) is 16.7. The van der Waals surface area contributed by atoms with Crippen molar-refractivity contribution in [3.8, 4) is 11.4 Å². The van der Waals surface area contributed by atoms with Crippen molar-refractivity contribution >= 4 is 28.1 Å². The molecular weight excluding hydrogens is 432 g/mol. The van der Waals surface area contributed by atoms with Crippen LogP contribution in [0.15, 0.2) is 41.8 Å². The summed E-state index contributed by atoms with van der Waals surface area (Å²) in [6, 6.07) is 3.92. The van der Waals surface area contributed by atoms with Crippen LogP contribution in [-0.2, 0) is 13.1 Å². The summed E-state index contributed by atoms with van der Waals surface area (Å²) >= 11 is 0. The summed E-state index contributed by atoms with van der Waals surface area (Å²) in [7, 11) is 0. The molecule has 1 N–H and O–H groups in total. The molecule has 0 bridgehead atoms. The van der Waals surface area contributed by atoms with E-state index in [9.17, 15) is 4.79 Å². The van der Waals surface area contributed by atoms with Crippen molar-refractivity contribution in [3.05, 3.63) is 47.5 Å². The summed E-state index contributed by atoms with van der Waals surface area (Å²) in [5, 5.41) is 4.41. The molecule has 0 radical (unpaired) electrons. The minimum absolute atomic E-state index is 0.101. The molecule has 1 saturated heterocycles. The highest BCUT2D eigenvalue weighted by atomic mass is 16.1. The molecule has 0 unspecified atom stereocenters. The first-order valence-electron chi connectivity index (χ1n) is 11.7. The SMILES string of the molecule is CCn1cc(-c2nc3c(N4CCC(n5c(=O)[nH]c6ncccc65)CC4)ncnc3n2CC)cn1. The van der Waals surface area contributed by atoms with Gasteiger partial charge in [-0.1, -0.05) is 0 Å². The molecule has 5 aromatic rings. The van der Waals surface area contributed by atoms with Crippen LogP contribution in [0.3, 0.4) is 0 Å². The van der Waals surface area contributed by atoms with E-state index in [4.69, 9.17) is 4.98 Å². The highest BCUT2D eigenvalue weighted by Gasteiger charge is 2.27. The van der Waals surface area contributed by atoms with E-state index in [0.29, 0.717) is 5.65 Å². The number of piperidine rings is 1. The largest absolute Gasteiger partial charge is 0.355 e. The van der Waals surface area contributed by atoms with Gasteiger partial charge in [-0.05, 0) is 38.8 Å². The number of imidazole rings is 2. The zero-order valence-corrected chi connectivity index (χ0v) is 19.2. The molecule has 0 amide bonds. The molecule has 11 nitrogen and oxygen atoms in total. The Hall–Kier alpha value is -4.02. The van der Waals surface area contributed by atoms with Crippen LogP contribution in [0.2, 0.25) is 0 Å². The Morgan fingerprint density at radius 1 is 1.12 bits per heavy atom. The third-order valence-electron chi connectivity index (χ3n) is 6.66. The van der Waals surface area contributed by atoms with Gasteiger partial charge in [0.25, 0.3) is 0 Å². The van der Waals surface area contributed by atoms with Crippen LogP contribution in [0.4, 0.5) is 5.82 Å². The van der Waals surface area contributed by atoms with Crippen LogP contribution in [-0.4, -0.2) is 56.9 Å². The molecule has 0 saturated carbocycles. The van der Waals surface area contributed by atoms with E-state index in [1.807, 2.05) is 33.8 Å². The number of rotatable bonds is 5. The number of aromatic nitrogens is 9. The summed E-state index contributed by atoms with van der Waals surface area (Å²) in [6.07, 6.45) is 8.84. The van der Waals surface area contributed by atoms with E-state index in [2.05, 4.69) is 48.3 Å². The molecule has 6 heterocycles. The third-order valence-corrected chi connectivity index (χ3v) is 6.66. The average Bonchev–Trinajstić information content (AvgIpc) is 3.58. The summed E-state index contributed by atoms with van der Waals surface area (Å²) in [6.45, 7) is 7.27. The molecular formula is C23H26N10O. The van der Waals surface area contributed by atoms with Gasteiger partial charge in [-0.3, -0.25) is 14.2 Å². The van der Waals surface area contributed by atoms with Crippen molar-refractivity contribution in [1.82, 2.24) is 43.8 Å². The lowest BCUT2D eigenvalue weighted by atomic mass is 10.0. The number of anilines is 1. The number of nitrogens with zero attached hydrogens (tertiary/aromatic N) is 9. The molecule has 0 aromatic carbocycles. The van der Waals surface area contributed by atoms with Crippen LogP contribution < -0.4 is 10.6 Å². The molecule has 1 fully saturated rings. The number of nitrogens with one attached hydrogen (secondary N) is 1. The lowest BCUT2D eigenvalue weighted by Crippen LogP contribution is -2.37. The number of aromatic amines is 1. The fraction of sp³-hybridized carbons (Fsp3) is 0.391. The zero-order valence-electron chi connectivity index (χ0n) is 19.2. The predicted octanol–water partition coefficient (Wildman–Crippen LogP) is 2.61. The number of H-pyrrole nitrogens is 1. The fourth-order valence-corrected chi connectivity index (χ4v) is 4.98. The lowest BCUT2D eigenvalue weighted by molar-refractivity contribution is 0.395. The second kappa shape index (κ2) is 8.08. The third kappa shape index (κ3) is 3.18. The first-order valence-corrected chi connectivity index (χ1v) is 11.7. The normalized spacial score (nSPS) is 15.1. The van der Waals surface area contributed by atoms with Gasteiger partial charge in [0.2, 0.25) is 0 Å². The van der Waals surface area contributed by atoms with Gasteiger partial charge in [0.1, 0.15) is 12.2 Å². The van der Waals surface area contributed by atoms with Crippen LogP contribution in [0.5, 0.6) is 0 Å². The Morgan fingerprint density at radius 2 is 1.97 bits per heavy atom. The average molecular weight is 459 g/mol. The van der Waals surface area contributed by atoms with E-state index in [0.717, 1.165) is 72.9 Å². The van der Waals surface area contributed by atoms with Gasteiger partial charge < -0.3 is 9.47 Å². The number of fused-ring (bicyclic) bond motifs is 2. The van der Waals surface area contributed by atoms with Gasteiger partial charge in [-0.25, -0.2) is 24.7 Å². The highest BCUT2D eigenvalue weighted by Crippen LogP contribution is 2.32. The van der Waals surface area contributed by atoms with Gasteiger partial charge in [0.15, 0.2) is 22.6 Å². The van der Waals surface area contributed by atoms with Crippen LogP contribution >= 0.6 is 0 Å². The van der Waals surface area contributed by atoms with E-state index in [1.54, 1.807) is 12.5 Å². The summed E-state index contributed by atoms with van der Waals surface area (Å²) in [4.78, 5) is 36.2. The molecule has 1 aliphatic rings. The topological polar surface area (TPSA) is 115 Å². The molecule has 0 aliphatic carbocycles. The Kier molecular flexibility index (Phi) is 4.89. The molecule has 5 aromatic heterocycles. The quantitative estimate of drug-likeness (QED) is 0.430. The molecule has 0 atom stereocenters. The molecule has 174 valence electrons. The van der Waals surface area contributed by atoms with Gasteiger partial charge in [0.05, 0.1) is 17.3 Å². The van der Waals surface area contributed by atoms with E-state index in [1.165, 1.54) is 0 Å². The minimum Gasteiger partial charge on any atom is -0.355 e. The number of aryl methyl sites for hydroxylation is 2. The van der Waals surface area contributed by atoms with Gasteiger partial charge in [-0.2, -0.15) is 5.10 Å². The fourth-order valence-electron chi connectivity index (χ4n) is 4.98. The van der Waals surface area contributed by atoms with Crippen molar-refractivity contribution in [2.45, 2.75) is 45.8 Å². The number of hydrogen-bond acceptors (Lipinski definition) is 7. The zero-order chi connectivity index (χ0) is 23.2. The monoisotopic (exact) mass is 458 g/mol. The minimum atomic E-state index is -0.101. The van der Waals surface area contributed by atoms with Crippen LogP contribution in [0, 0.1) is 0 Å². The van der Waals surface area contributed by atoms with Crippen LogP contribution in [0.25, 0.3) is 33.7 Å². The van der Waals surface area contributed by atoms with Crippen molar-refractivity contribution in [3.63, 3.8) is 0 Å². The van der Waals surface area contributed by atoms with Crippen molar-refractivity contribution in [2.24, 2.45) is 0 Å². The number of pyridine rings is 1. The summed E-state index contributed by atoms with van der Waals surface area (Å²) in [5.41, 5.74) is 3.99. The van der Waals surface area contributed by atoms with Crippen LogP contribution in [0.1, 0.15) is 32.7 Å². The second-order valence-electron chi connectivity index (χ2n) is 8.52. The smallest absolute Gasteiger partial charge is 0.327 e. The predicted molar refractivity (Wildman–Crippen MR) is 129 cm³/mol. The maximum Gasteiger partial charge on any atom is 0.327 e. The summed E-state index contributed by atoms with van der Waals surface area (Å²) < 4.78 is 5.86. The molecule has 6 rings (SSSR count). The lowest BCUT2D eigenvalue weighted by Gasteiger charge is -2.33. The van der Waals surface area contributed by atoms with Gasteiger partial charge in [-0.15, -0.1) is 0 Å². The maximum absolute atomic E-state index is 12.6. The molecule has 34 heavy (non-hydrogen) atoms. The molecule has 1 aliphatic heterocycles.